The van der Waals surface area contributed by atoms with Crippen molar-refractivity contribution in [1.82, 2.24) is 4.31 Å². The smallest absolute Gasteiger partial charge is 0.338 e. The molecule has 1 aliphatic rings. The first-order valence-corrected chi connectivity index (χ1v) is 9.72. The van der Waals surface area contributed by atoms with Crippen LogP contribution < -0.4 is 0 Å². The zero-order chi connectivity index (χ0) is 18.8. The highest BCUT2D eigenvalue weighted by molar-refractivity contribution is 7.89. The van der Waals surface area contributed by atoms with E-state index in [9.17, 15) is 23.1 Å². The van der Waals surface area contributed by atoms with Crippen LogP contribution in [0.2, 0.25) is 5.02 Å². The normalized spacial score (nSPS) is 21.7. The summed E-state index contributed by atoms with van der Waals surface area (Å²) in [6.07, 6.45) is 0.873. The van der Waals surface area contributed by atoms with Crippen LogP contribution in [-0.4, -0.2) is 49.0 Å². The summed E-state index contributed by atoms with van der Waals surface area (Å²) in [4.78, 5) is 23.1. The molecule has 2 atom stereocenters. The van der Waals surface area contributed by atoms with Gasteiger partial charge >= 0.3 is 11.9 Å². The van der Waals surface area contributed by atoms with Gasteiger partial charge in [0.1, 0.15) is 0 Å². The Morgan fingerprint density at radius 1 is 1.36 bits per heavy atom. The topological polar surface area (TPSA) is 101 Å². The second-order valence-electron chi connectivity index (χ2n) is 5.84. The van der Waals surface area contributed by atoms with Gasteiger partial charge in [0, 0.05) is 17.6 Å². The molecule has 1 fully saturated rings. The van der Waals surface area contributed by atoms with E-state index < -0.39 is 33.9 Å². The predicted molar refractivity (Wildman–Crippen MR) is 91.1 cm³/mol. The number of halogens is 1. The molecule has 0 aromatic heterocycles. The monoisotopic (exact) mass is 389 g/mol. The molecule has 0 bridgehead atoms. The van der Waals surface area contributed by atoms with Gasteiger partial charge in [-0.25, -0.2) is 13.2 Å². The summed E-state index contributed by atoms with van der Waals surface area (Å²) in [5, 5.41) is 9.37. The number of carboxylic acid groups (broad SMARTS) is 1. The number of benzene rings is 1. The lowest BCUT2D eigenvalue weighted by Gasteiger charge is -2.36. The molecule has 0 aliphatic carbocycles. The lowest BCUT2D eigenvalue weighted by molar-refractivity contribution is -0.144. The van der Waals surface area contributed by atoms with E-state index in [1.807, 2.05) is 0 Å². The number of carbonyl (C=O) groups is 2. The second-order valence-corrected chi connectivity index (χ2v) is 8.17. The predicted octanol–water partition coefficient (Wildman–Crippen LogP) is 2.39. The third-order valence-electron chi connectivity index (χ3n) is 4.24. The number of nitrogens with zero attached hydrogens (tertiary/aromatic N) is 1. The van der Waals surface area contributed by atoms with Gasteiger partial charge < -0.3 is 9.84 Å². The van der Waals surface area contributed by atoms with Crippen molar-refractivity contribution in [3.05, 3.63) is 28.8 Å². The van der Waals surface area contributed by atoms with E-state index in [4.69, 9.17) is 16.3 Å². The number of rotatable bonds is 5. The molecule has 1 aliphatic heterocycles. The lowest BCUT2D eigenvalue weighted by Crippen LogP contribution is -2.49. The van der Waals surface area contributed by atoms with Crippen LogP contribution in [0, 0.1) is 5.92 Å². The van der Waals surface area contributed by atoms with Gasteiger partial charge in [0.2, 0.25) is 10.0 Å². The van der Waals surface area contributed by atoms with Crippen LogP contribution in [0.3, 0.4) is 0 Å². The number of sulfonamides is 1. The van der Waals surface area contributed by atoms with Gasteiger partial charge in [-0.1, -0.05) is 11.6 Å². The Kier molecular flexibility index (Phi) is 6.08. The third-order valence-corrected chi connectivity index (χ3v) is 6.42. The number of ether oxygens (including phenoxy) is 1. The quantitative estimate of drug-likeness (QED) is 0.776. The fourth-order valence-electron chi connectivity index (χ4n) is 2.96. The minimum absolute atomic E-state index is 0.0346. The van der Waals surface area contributed by atoms with Crippen LogP contribution in [0.15, 0.2) is 23.1 Å². The number of aliphatic carboxylic acids is 1. The van der Waals surface area contributed by atoms with Crippen molar-refractivity contribution >= 4 is 33.6 Å². The fraction of sp³-hybridized carbons (Fsp3) is 0.500. The van der Waals surface area contributed by atoms with Gasteiger partial charge in [-0.3, -0.25) is 4.79 Å². The number of carbonyl (C=O) groups excluding carboxylic acids is 1. The van der Waals surface area contributed by atoms with E-state index in [-0.39, 0.29) is 28.6 Å². The average Bonchev–Trinajstić information content (AvgIpc) is 2.54. The maximum Gasteiger partial charge on any atom is 0.338 e. The van der Waals surface area contributed by atoms with Crippen molar-refractivity contribution in [3.63, 3.8) is 0 Å². The molecule has 0 unspecified atom stereocenters. The molecule has 0 radical (unpaired) electrons. The van der Waals surface area contributed by atoms with Crippen molar-refractivity contribution in [1.29, 1.82) is 0 Å². The summed E-state index contributed by atoms with van der Waals surface area (Å²) < 4.78 is 32.0. The van der Waals surface area contributed by atoms with Crippen LogP contribution in [0.5, 0.6) is 0 Å². The van der Waals surface area contributed by atoms with Crippen molar-refractivity contribution in [2.24, 2.45) is 5.92 Å². The first kappa shape index (κ1) is 19.7. The highest BCUT2D eigenvalue weighted by Gasteiger charge is 2.39. The fourth-order valence-corrected chi connectivity index (χ4v) is 5.04. The molecule has 25 heavy (non-hydrogen) atoms. The van der Waals surface area contributed by atoms with E-state index in [1.54, 1.807) is 13.8 Å². The molecule has 1 aromatic rings. The second kappa shape index (κ2) is 7.72. The van der Waals surface area contributed by atoms with Gasteiger partial charge in [0.25, 0.3) is 0 Å². The van der Waals surface area contributed by atoms with Crippen molar-refractivity contribution in [2.45, 2.75) is 37.6 Å². The summed E-state index contributed by atoms with van der Waals surface area (Å²) in [7, 11) is -3.99. The molecule has 1 aromatic carbocycles. The molecule has 0 spiro atoms. The average molecular weight is 390 g/mol. The Labute approximate surface area is 151 Å². The maximum absolute atomic E-state index is 13.0. The van der Waals surface area contributed by atoms with Gasteiger partial charge in [0.05, 0.1) is 23.0 Å². The first-order chi connectivity index (χ1) is 11.7. The Hall–Kier alpha value is -1.64. The van der Waals surface area contributed by atoms with E-state index in [0.29, 0.717) is 12.8 Å². The van der Waals surface area contributed by atoms with Crippen LogP contribution >= 0.6 is 11.6 Å². The third kappa shape index (κ3) is 4.13. The molecule has 7 nitrogen and oxygen atoms in total. The minimum Gasteiger partial charge on any atom is -0.481 e. The molecule has 1 saturated heterocycles. The molecule has 9 heteroatoms. The molecule has 0 saturated carbocycles. The molecule has 1 N–H and O–H groups in total. The number of hydrogen-bond acceptors (Lipinski definition) is 5. The molecule has 0 amide bonds. The lowest BCUT2D eigenvalue weighted by atomic mass is 9.92. The van der Waals surface area contributed by atoms with E-state index >= 15 is 0 Å². The first-order valence-electron chi connectivity index (χ1n) is 7.90. The number of esters is 1. The highest BCUT2D eigenvalue weighted by Crippen LogP contribution is 2.31. The largest absolute Gasteiger partial charge is 0.481 e. The van der Waals surface area contributed by atoms with E-state index in [2.05, 4.69) is 0 Å². The maximum atomic E-state index is 13.0. The zero-order valence-corrected chi connectivity index (χ0v) is 15.5. The number of carboxylic acids is 1. The molecule has 1 heterocycles. The zero-order valence-electron chi connectivity index (χ0n) is 13.9. The van der Waals surface area contributed by atoms with Crippen LogP contribution in [-0.2, 0) is 19.6 Å². The van der Waals surface area contributed by atoms with Crippen LogP contribution in [0.25, 0.3) is 0 Å². The standard InChI is InChI=1S/C16H20ClNO6S/c1-3-24-16(21)11-7-12(17)9-13(8-11)25(22,23)18-6-4-5-14(10(18)2)15(19)20/h7-10,14H,3-6H2,1-2H3,(H,19,20)/t10-,14-/m0/s1. The summed E-state index contributed by atoms with van der Waals surface area (Å²) in [5.74, 6) is -2.46. The van der Waals surface area contributed by atoms with Gasteiger partial charge in [0.15, 0.2) is 0 Å². The summed E-state index contributed by atoms with van der Waals surface area (Å²) in [6.45, 7) is 3.58. The van der Waals surface area contributed by atoms with E-state index in [0.717, 1.165) is 4.31 Å². The van der Waals surface area contributed by atoms with Crippen LogP contribution in [0.1, 0.15) is 37.0 Å². The van der Waals surface area contributed by atoms with Gasteiger partial charge in [-0.2, -0.15) is 4.31 Å². The molecular weight excluding hydrogens is 370 g/mol. The Bertz CT molecular complexity index is 779. The summed E-state index contributed by atoms with van der Waals surface area (Å²) >= 11 is 5.97. The van der Waals surface area contributed by atoms with Crippen LogP contribution in [0.4, 0.5) is 0 Å². The summed E-state index contributed by atoms with van der Waals surface area (Å²) in [6, 6.07) is 3.09. The molecule has 2 rings (SSSR count). The molecule has 138 valence electrons. The van der Waals surface area contributed by atoms with E-state index in [1.165, 1.54) is 18.2 Å². The Morgan fingerprint density at radius 3 is 2.64 bits per heavy atom. The van der Waals surface area contributed by atoms with Crippen molar-refractivity contribution < 1.29 is 27.9 Å². The minimum atomic E-state index is -3.99. The van der Waals surface area contributed by atoms with Gasteiger partial charge in [-0.05, 0) is 44.9 Å². The van der Waals surface area contributed by atoms with Crippen molar-refractivity contribution in [3.8, 4) is 0 Å². The van der Waals surface area contributed by atoms with Gasteiger partial charge in [-0.15, -0.1) is 0 Å². The number of piperidine rings is 1. The number of hydrogen-bond donors (Lipinski definition) is 1. The SMILES string of the molecule is CCOC(=O)c1cc(Cl)cc(S(=O)(=O)N2CCC[C@H](C(=O)O)[C@@H]2C)c1. The van der Waals surface area contributed by atoms with Crippen molar-refractivity contribution in [2.75, 3.05) is 13.2 Å². The Balaban J connectivity index is 2.42. The Morgan fingerprint density at radius 2 is 2.04 bits per heavy atom. The summed E-state index contributed by atoms with van der Waals surface area (Å²) in [5.41, 5.74) is 0.0346. The molecular formula is C16H20ClNO6S. The highest BCUT2D eigenvalue weighted by atomic mass is 35.5.